The molecule has 0 aromatic heterocycles. The zero-order valence-corrected chi connectivity index (χ0v) is 18.2. The van der Waals surface area contributed by atoms with E-state index >= 15 is 0 Å². The highest BCUT2D eigenvalue weighted by Crippen LogP contribution is 2.58. The van der Waals surface area contributed by atoms with Gasteiger partial charge in [0.25, 0.3) is 0 Å². The van der Waals surface area contributed by atoms with Crippen LogP contribution in [0.2, 0.25) is 0 Å². The molecule has 1 aromatic rings. The third-order valence-electron chi connectivity index (χ3n) is 7.33. The second kappa shape index (κ2) is 7.52. The van der Waals surface area contributed by atoms with E-state index in [1.165, 1.54) is 6.07 Å². The smallest absolute Gasteiger partial charge is 0.202 e. The first-order chi connectivity index (χ1) is 15.5. The third-order valence-corrected chi connectivity index (χ3v) is 7.33. The van der Waals surface area contributed by atoms with Gasteiger partial charge in [-0.15, -0.1) is 0 Å². The highest BCUT2D eigenvalue weighted by molar-refractivity contribution is 6.23. The molecule has 1 saturated carbocycles. The van der Waals surface area contributed by atoms with Gasteiger partial charge in [-0.1, -0.05) is 25.6 Å². The third kappa shape index (κ3) is 2.94. The SMILES string of the molecule is C=CC(=O)CC1C2C(=C(O)c3c(O)cccc3C2C)C(=O)C2(O)C(O)=C(C(C)=O)C(=O)CC12. The number of hydrogen-bond donors (Lipinski definition) is 4. The van der Waals surface area contributed by atoms with E-state index in [9.17, 15) is 39.6 Å². The monoisotopic (exact) mass is 452 g/mol. The second-order valence-electron chi connectivity index (χ2n) is 8.97. The van der Waals surface area contributed by atoms with E-state index in [0.29, 0.717) is 5.56 Å². The summed E-state index contributed by atoms with van der Waals surface area (Å²) in [5.41, 5.74) is -3.02. The van der Waals surface area contributed by atoms with Gasteiger partial charge >= 0.3 is 0 Å². The van der Waals surface area contributed by atoms with Crippen LogP contribution in [-0.4, -0.2) is 49.2 Å². The molecule has 3 aliphatic carbocycles. The maximum atomic E-state index is 13.7. The number of carbonyl (C=O) groups is 4. The predicted molar refractivity (Wildman–Crippen MR) is 116 cm³/mol. The topological polar surface area (TPSA) is 149 Å². The normalized spacial score (nSPS) is 31.0. The molecule has 1 aromatic carbocycles. The number of ketones is 4. The zero-order chi connectivity index (χ0) is 24.4. The molecular formula is C25H24O8. The largest absolute Gasteiger partial charge is 0.508 e. The molecule has 0 amide bonds. The summed E-state index contributed by atoms with van der Waals surface area (Å²) in [6.07, 6.45) is 0.452. The Morgan fingerprint density at radius 1 is 1.21 bits per heavy atom. The Hall–Kier alpha value is -3.52. The summed E-state index contributed by atoms with van der Waals surface area (Å²) in [7, 11) is 0. The Labute approximate surface area is 189 Å². The molecule has 0 radical (unpaired) electrons. The lowest BCUT2D eigenvalue weighted by Gasteiger charge is -2.52. The minimum Gasteiger partial charge on any atom is -0.508 e. The van der Waals surface area contributed by atoms with Crippen molar-refractivity contribution in [1.29, 1.82) is 0 Å². The lowest BCUT2D eigenvalue weighted by molar-refractivity contribution is -0.155. The van der Waals surface area contributed by atoms with Crippen molar-refractivity contribution in [2.45, 2.75) is 38.2 Å². The Kier molecular flexibility index (Phi) is 5.16. The van der Waals surface area contributed by atoms with Crippen LogP contribution in [0.1, 0.15) is 43.7 Å². The summed E-state index contributed by atoms with van der Waals surface area (Å²) < 4.78 is 0. The number of rotatable bonds is 4. The molecule has 3 aliphatic rings. The molecule has 4 N–H and O–H groups in total. The molecule has 0 spiro atoms. The molecular weight excluding hydrogens is 428 g/mol. The second-order valence-corrected chi connectivity index (χ2v) is 8.97. The van der Waals surface area contributed by atoms with Crippen molar-refractivity contribution in [3.8, 4) is 5.75 Å². The van der Waals surface area contributed by atoms with Gasteiger partial charge in [0.15, 0.2) is 23.0 Å². The van der Waals surface area contributed by atoms with E-state index in [1.54, 1.807) is 19.1 Å². The number of phenols is 1. The number of aromatic hydroxyl groups is 1. The van der Waals surface area contributed by atoms with Crippen LogP contribution >= 0.6 is 0 Å². The van der Waals surface area contributed by atoms with Crippen molar-refractivity contribution < 1.29 is 39.6 Å². The standard InChI is InChI=1S/C25H24O8/c1-4-12(27)8-14-15-9-17(29)19(11(3)26)23(31)25(15,33)24(32)21-18(14)10(2)13-6-5-7-16(28)20(13)22(21)30/h4-7,10,14-15,18,28,30-31,33H,1,8-9H2,2-3H3. The van der Waals surface area contributed by atoms with E-state index < -0.39 is 75.9 Å². The average molecular weight is 452 g/mol. The van der Waals surface area contributed by atoms with Gasteiger partial charge in [0.1, 0.15) is 22.8 Å². The zero-order valence-electron chi connectivity index (χ0n) is 18.2. The number of phenolic OH excluding ortho intramolecular Hbond substituents is 1. The molecule has 33 heavy (non-hydrogen) atoms. The molecule has 4 rings (SSSR count). The van der Waals surface area contributed by atoms with Crippen molar-refractivity contribution in [1.82, 2.24) is 0 Å². The summed E-state index contributed by atoms with van der Waals surface area (Å²) in [4.78, 5) is 50.9. The number of aliphatic hydroxyl groups is 3. The van der Waals surface area contributed by atoms with Crippen molar-refractivity contribution in [2.75, 3.05) is 0 Å². The fourth-order valence-electron chi connectivity index (χ4n) is 5.86. The molecule has 0 saturated heterocycles. The Bertz CT molecular complexity index is 1200. The fourth-order valence-corrected chi connectivity index (χ4v) is 5.86. The number of aliphatic hydroxyl groups excluding tert-OH is 2. The highest BCUT2D eigenvalue weighted by Gasteiger charge is 2.64. The summed E-state index contributed by atoms with van der Waals surface area (Å²) >= 11 is 0. The van der Waals surface area contributed by atoms with Crippen molar-refractivity contribution in [3.05, 3.63) is 58.9 Å². The van der Waals surface area contributed by atoms with Crippen LogP contribution in [-0.2, 0) is 19.2 Å². The molecule has 1 fully saturated rings. The minimum atomic E-state index is -2.68. The van der Waals surface area contributed by atoms with Gasteiger partial charge in [-0.3, -0.25) is 19.2 Å². The molecule has 8 nitrogen and oxygen atoms in total. The number of carbonyl (C=O) groups excluding carboxylic acids is 4. The van der Waals surface area contributed by atoms with Gasteiger partial charge in [0, 0.05) is 30.3 Å². The Morgan fingerprint density at radius 2 is 1.88 bits per heavy atom. The molecule has 5 atom stereocenters. The average Bonchev–Trinajstić information content (AvgIpc) is 2.75. The predicted octanol–water partition coefficient (Wildman–Crippen LogP) is 2.46. The molecule has 0 aliphatic heterocycles. The number of hydrogen-bond acceptors (Lipinski definition) is 8. The first-order valence-electron chi connectivity index (χ1n) is 10.6. The minimum absolute atomic E-state index is 0.0302. The lowest BCUT2D eigenvalue weighted by Crippen LogP contribution is -2.62. The van der Waals surface area contributed by atoms with Gasteiger partial charge in [0.05, 0.1) is 5.56 Å². The van der Waals surface area contributed by atoms with E-state index in [2.05, 4.69) is 6.58 Å². The molecule has 8 heteroatoms. The van der Waals surface area contributed by atoms with Crippen molar-refractivity contribution in [2.24, 2.45) is 17.8 Å². The number of Topliss-reactive ketones (excluding diaryl/α,β-unsaturated/α-hetero) is 3. The quantitative estimate of drug-likeness (QED) is 0.402. The van der Waals surface area contributed by atoms with Crippen LogP contribution in [0.3, 0.4) is 0 Å². The molecule has 5 unspecified atom stereocenters. The fraction of sp³-hybridized carbons (Fsp3) is 0.360. The van der Waals surface area contributed by atoms with Crippen LogP contribution in [0.5, 0.6) is 5.75 Å². The van der Waals surface area contributed by atoms with Gasteiger partial charge in [-0.05, 0) is 36.5 Å². The van der Waals surface area contributed by atoms with Gasteiger partial charge in [0.2, 0.25) is 5.78 Å². The van der Waals surface area contributed by atoms with Gasteiger partial charge < -0.3 is 20.4 Å². The van der Waals surface area contributed by atoms with Gasteiger partial charge in [-0.2, -0.15) is 0 Å². The van der Waals surface area contributed by atoms with E-state index in [-0.39, 0.29) is 23.3 Å². The molecule has 172 valence electrons. The maximum absolute atomic E-state index is 13.7. The molecule has 0 bridgehead atoms. The Balaban J connectivity index is 2.05. The lowest BCUT2D eigenvalue weighted by atomic mass is 9.51. The van der Waals surface area contributed by atoms with Crippen LogP contribution in [0.25, 0.3) is 5.76 Å². The summed E-state index contributed by atoms with van der Waals surface area (Å²) in [5.74, 6) is -8.21. The summed E-state index contributed by atoms with van der Waals surface area (Å²) in [5, 5.41) is 43.9. The van der Waals surface area contributed by atoms with Crippen LogP contribution in [0, 0.1) is 17.8 Å². The summed E-state index contributed by atoms with van der Waals surface area (Å²) in [6, 6.07) is 4.62. The van der Waals surface area contributed by atoms with Crippen molar-refractivity contribution in [3.63, 3.8) is 0 Å². The van der Waals surface area contributed by atoms with E-state index in [4.69, 9.17) is 0 Å². The Morgan fingerprint density at radius 3 is 2.48 bits per heavy atom. The first-order valence-corrected chi connectivity index (χ1v) is 10.6. The van der Waals surface area contributed by atoms with Crippen molar-refractivity contribution >= 4 is 28.9 Å². The van der Waals surface area contributed by atoms with E-state index in [1.807, 2.05) is 0 Å². The number of benzene rings is 1. The van der Waals surface area contributed by atoms with Crippen LogP contribution in [0.4, 0.5) is 0 Å². The maximum Gasteiger partial charge on any atom is 0.202 e. The van der Waals surface area contributed by atoms with E-state index in [0.717, 1.165) is 13.0 Å². The van der Waals surface area contributed by atoms with Crippen LogP contribution < -0.4 is 0 Å². The number of allylic oxidation sites excluding steroid dienone is 2. The van der Waals surface area contributed by atoms with Crippen LogP contribution in [0.15, 0.2) is 47.8 Å². The highest BCUT2D eigenvalue weighted by atomic mass is 16.3. The first kappa shape index (κ1) is 22.7. The molecule has 0 heterocycles. The summed E-state index contributed by atoms with van der Waals surface area (Å²) in [6.45, 7) is 6.27. The van der Waals surface area contributed by atoms with Gasteiger partial charge in [-0.25, -0.2) is 0 Å². The number of fused-ring (bicyclic) bond motifs is 3.